The highest BCUT2D eigenvalue weighted by atomic mass is 35.5. The highest BCUT2D eigenvalue weighted by Gasteiger charge is 2.38. The second kappa shape index (κ2) is 6.23. The fraction of sp³-hybridized carbons (Fsp3) is 0.647. The van der Waals surface area contributed by atoms with Crippen LogP contribution in [0.4, 0.5) is 4.39 Å². The van der Waals surface area contributed by atoms with E-state index in [1.54, 1.807) is 6.07 Å². The maximum absolute atomic E-state index is 13.6. The Kier molecular flexibility index (Phi) is 4.53. The van der Waals surface area contributed by atoms with E-state index in [9.17, 15) is 4.39 Å². The van der Waals surface area contributed by atoms with Crippen LogP contribution in [0.15, 0.2) is 18.2 Å². The van der Waals surface area contributed by atoms with Crippen LogP contribution in [0.25, 0.3) is 0 Å². The molecule has 2 fully saturated rings. The SMILES string of the molecule is CC1CNC2(CCCCC2)CN1Cc1cccc(F)c1Cl. The molecule has 21 heavy (non-hydrogen) atoms. The van der Waals surface area contributed by atoms with Crippen LogP contribution >= 0.6 is 11.6 Å². The van der Waals surface area contributed by atoms with Gasteiger partial charge >= 0.3 is 0 Å². The zero-order valence-corrected chi connectivity index (χ0v) is 13.4. The van der Waals surface area contributed by atoms with Crippen LogP contribution in [0.3, 0.4) is 0 Å². The van der Waals surface area contributed by atoms with E-state index in [1.165, 1.54) is 38.2 Å². The Morgan fingerprint density at radius 2 is 2.10 bits per heavy atom. The predicted molar refractivity (Wildman–Crippen MR) is 85.1 cm³/mol. The van der Waals surface area contributed by atoms with E-state index >= 15 is 0 Å². The van der Waals surface area contributed by atoms with E-state index in [1.807, 2.05) is 6.07 Å². The van der Waals surface area contributed by atoms with Crippen molar-refractivity contribution in [2.45, 2.75) is 57.2 Å². The van der Waals surface area contributed by atoms with E-state index in [0.717, 1.165) is 25.2 Å². The number of hydrogen-bond acceptors (Lipinski definition) is 2. The lowest BCUT2D eigenvalue weighted by molar-refractivity contribution is 0.0572. The van der Waals surface area contributed by atoms with Crippen LogP contribution in [0.5, 0.6) is 0 Å². The molecule has 4 heteroatoms. The van der Waals surface area contributed by atoms with Gasteiger partial charge in [0, 0.05) is 31.2 Å². The number of hydrogen-bond donors (Lipinski definition) is 1. The monoisotopic (exact) mass is 310 g/mol. The number of nitrogens with zero attached hydrogens (tertiary/aromatic N) is 1. The van der Waals surface area contributed by atoms with Crippen LogP contribution < -0.4 is 5.32 Å². The third-order valence-electron chi connectivity index (χ3n) is 5.12. The zero-order chi connectivity index (χ0) is 14.9. The van der Waals surface area contributed by atoms with Crippen molar-refractivity contribution < 1.29 is 4.39 Å². The van der Waals surface area contributed by atoms with Crippen molar-refractivity contribution in [2.75, 3.05) is 13.1 Å². The fourth-order valence-corrected chi connectivity index (χ4v) is 3.94. The molecule has 1 aromatic rings. The first-order chi connectivity index (χ1) is 10.1. The van der Waals surface area contributed by atoms with Crippen molar-refractivity contribution in [1.82, 2.24) is 10.2 Å². The average molecular weight is 311 g/mol. The van der Waals surface area contributed by atoms with Crippen LogP contribution in [0.2, 0.25) is 5.02 Å². The average Bonchev–Trinajstić information content (AvgIpc) is 2.49. The van der Waals surface area contributed by atoms with Gasteiger partial charge in [-0.1, -0.05) is 43.0 Å². The zero-order valence-electron chi connectivity index (χ0n) is 12.7. The summed E-state index contributed by atoms with van der Waals surface area (Å²) in [5, 5.41) is 4.06. The van der Waals surface area contributed by atoms with E-state index < -0.39 is 0 Å². The van der Waals surface area contributed by atoms with Crippen molar-refractivity contribution in [3.63, 3.8) is 0 Å². The Hall–Kier alpha value is -0.640. The lowest BCUT2D eigenvalue weighted by Gasteiger charge is -2.49. The first kappa shape index (κ1) is 15.3. The van der Waals surface area contributed by atoms with Crippen molar-refractivity contribution >= 4 is 11.6 Å². The molecule has 1 heterocycles. The number of nitrogens with one attached hydrogen (secondary N) is 1. The standard InChI is InChI=1S/C17H24ClFN2/c1-13-10-20-17(8-3-2-4-9-17)12-21(13)11-14-6-5-7-15(19)16(14)18/h5-7,13,20H,2-4,8-12H2,1H3. The molecule has 1 aliphatic carbocycles. The Morgan fingerprint density at radius 1 is 1.33 bits per heavy atom. The highest BCUT2D eigenvalue weighted by molar-refractivity contribution is 6.31. The van der Waals surface area contributed by atoms with Crippen LogP contribution in [-0.2, 0) is 6.54 Å². The lowest BCUT2D eigenvalue weighted by atomic mass is 9.79. The third kappa shape index (κ3) is 3.25. The quantitative estimate of drug-likeness (QED) is 0.889. The Labute approximate surface area is 131 Å². The van der Waals surface area contributed by atoms with Crippen LogP contribution in [0.1, 0.15) is 44.6 Å². The summed E-state index contributed by atoms with van der Waals surface area (Å²) in [7, 11) is 0. The molecule has 0 aromatic heterocycles. The summed E-state index contributed by atoms with van der Waals surface area (Å²) >= 11 is 6.12. The summed E-state index contributed by atoms with van der Waals surface area (Å²) in [5.74, 6) is -0.315. The number of halogens is 2. The van der Waals surface area contributed by atoms with Gasteiger partial charge in [-0.2, -0.15) is 0 Å². The summed E-state index contributed by atoms with van der Waals surface area (Å²) in [6.07, 6.45) is 6.50. The molecule has 1 atom stereocenters. The Balaban J connectivity index is 1.75. The molecular formula is C17H24ClFN2. The molecule has 1 spiro atoms. The molecular weight excluding hydrogens is 287 g/mol. The third-order valence-corrected chi connectivity index (χ3v) is 5.54. The minimum absolute atomic E-state index is 0.268. The maximum atomic E-state index is 13.6. The van der Waals surface area contributed by atoms with Gasteiger partial charge in [-0.25, -0.2) is 4.39 Å². The molecule has 1 saturated carbocycles. The molecule has 1 unspecified atom stereocenters. The Morgan fingerprint density at radius 3 is 2.86 bits per heavy atom. The van der Waals surface area contributed by atoms with Gasteiger partial charge in [-0.15, -0.1) is 0 Å². The van der Waals surface area contributed by atoms with Crippen molar-refractivity contribution in [3.05, 3.63) is 34.6 Å². The van der Waals surface area contributed by atoms with E-state index in [4.69, 9.17) is 11.6 Å². The van der Waals surface area contributed by atoms with Gasteiger partial charge in [0.1, 0.15) is 5.82 Å². The minimum atomic E-state index is -0.315. The molecule has 2 aliphatic rings. The summed E-state index contributed by atoms with van der Waals surface area (Å²) in [6.45, 7) is 5.02. The molecule has 0 bridgehead atoms. The second-order valence-corrected chi connectivity index (χ2v) is 7.07. The Bertz CT molecular complexity index is 500. The lowest BCUT2D eigenvalue weighted by Crippen LogP contribution is -2.63. The predicted octanol–water partition coefficient (Wildman–Crippen LogP) is 3.98. The van der Waals surface area contributed by atoms with Crippen molar-refractivity contribution in [2.24, 2.45) is 0 Å². The van der Waals surface area contributed by atoms with Crippen LogP contribution in [-0.4, -0.2) is 29.6 Å². The van der Waals surface area contributed by atoms with Crippen molar-refractivity contribution in [1.29, 1.82) is 0 Å². The van der Waals surface area contributed by atoms with Gasteiger partial charge in [0.05, 0.1) is 5.02 Å². The van der Waals surface area contributed by atoms with Gasteiger partial charge < -0.3 is 5.32 Å². The van der Waals surface area contributed by atoms with Crippen LogP contribution in [0, 0.1) is 5.82 Å². The summed E-state index contributed by atoms with van der Waals surface area (Å²) in [6, 6.07) is 5.57. The topological polar surface area (TPSA) is 15.3 Å². The van der Waals surface area contributed by atoms with Gasteiger partial charge in [-0.05, 0) is 31.4 Å². The molecule has 116 valence electrons. The van der Waals surface area contributed by atoms with E-state index in [-0.39, 0.29) is 16.4 Å². The molecule has 2 nitrogen and oxygen atoms in total. The molecule has 3 rings (SSSR count). The molecule has 1 aromatic carbocycles. The maximum Gasteiger partial charge on any atom is 0.142 e. The summed E-state index contributed by atoms with van der Waals surface area (Å²) in [4.78, 5) is 2.46. The second-order valence-electron chi connectivity index (χ2n) is 6.69. The fourth-order valence-electron chi connectivity index (χ4n) is 3.76. The van der Waals surface area contributed by atoms with Crippen molar-refractivity contribution in [3.8, 4) is 0 Å². The largest absolute Gasteiger partial charge is 0.308 e. The molecule has 0 radical (unpaired) electrons. The van der Waals surface area contributed by atoms with Gasteiger partial charge in [0.25, 0.3) is 0 Å². The smallest absolute Gasteiger partial charge is 0.142 e. The summed E-state index contributed by atoms with van der Waals surface area (Å²) in [5.41, 5.74) is 1.17. The molecule has 1 saturated heterocycles. The van der Waals surface area contributed by atoms with E-state index in [0.29, 0.717) is 6.04 Å². The normalized spacial score (nSPS) is 26.1. The molecule has 0 amide bonds. The first-order valence-electron chi connectivity index (χ1n) is 8.02. The molecule has 1 N–H and O–H groups in total. The van der Waals surface area contributed by atoms with Gasteiger partial charge in [-0.3, -0.25) is 4.90 Å². The molecule has 1 aliphatic heterocycles. The number of piperazine rings is 1. The minimum Gasteiger partial charge on any atom is -0.308 e. The number of rotatable bonds is 2. The van der Waals surface area contributed by atoms with Gasteiger partial charge in [0.2, 0.25) is 0 Å². The van der Waals surface area contributed by atoms with E-state index in [2.05, 4.69) is 17.1 Å². The highest BCUT2D eigenvalue weighted by Crippen LogP contribution is 2.33. The number of benzene rings is 1. The first-order valence-corrected chi connectivity index (χ1v) is 8.39. The summed E-state index contributed by atoms with van der Waals surface area (Å²) < 4.78 is 13.6. The van der Waals surface area contributed by atoms with Gasteiger partial charge in [0.15, 0.2) is 0 Å².